The average molecular weight is 414 g/mol. The maximum atomic E-state index is 5.51. The number of ether oxygens (including phenoxy) is 2. The zero-order valence-electron chi connectivity index (χ0n) is 12.1. The highest BCUT2D eigenvalue weighted by Crippen LogP contribution is 2.38. The monoisotopic (exact) mass is 412 g/mol. The molecule has 0 aromatic heterocycles. The van der Waals surface area contributed by atoms with E-state index in [4.69, 9.17) is 9.47 Å². The van der Waals surface area contributed by atoms with Gasteiger partial charge in [0.2, 0.25) is 0 Å². The van der Waals surface area contributed by atoms with Crippen molar-refractivity contribution in [3.63, 3.8) is 0 Å². The molecule has 0 aliphatic carbocycles. The van der Waals surface area contributed by atoms with Crippen molar-refractivity contribution < 1.29 is 9.47 Å². The lowest BCUT2D eigenvalue weighted by Gasteiger charge is -2.15. The molecule has 1 unspecified atom stereocenters. The second-order valence-electron chi connectivity index (χ2n) is 4.69. The Hall–Kier alpha value is -1.00. The van der Waals surface area contributed by atoms with Crippen LogP contribution in [0.5, 0.6) is 11.5 Å². The molecule has 0 aliphatic heterocycles. The maximum Gasteiger partial charge on any atom is 0.139 e. The van der Waals surface area contributed by atoms with Crippen molar-refractivity contribution in [2.75, 3.05) is 14.2 Å². The van der Waals surface area contributed by atoms with Crippen molar-refractivity contribution in [1.82, 2.24) is 0 Å². The number of hydrogen-bond acceptors (Lipinski definition) is 2. The first-order valence-corrected chi connectivity index (χ1v) is 8.46. The van der Waals surface area contributed by atoms with Crippen LogP contribution in [-0.4, -0.2) is 14.2 Å². The number of rotatable bonds is 6. The van der Waals surface area contributed by atoms with E-state index < -0.39 is 0 Å². The zero-order valence-corrected chi connectivity index (χ0v) is 15.3. The summed E-state index contributed by atoms with van der Waals surface area (Å²) >= 11 is 7.30. The van der Waals surface area contributed by atoms with Gasteiger partial charge in [-0.1, -0.05) is 52.3 Å². The molecule has 0 aliphatic rings. The van der Waals surface area contributed by atoms with Gasteiger partial charge in [-0.15, -0.1) is 0 Å². The summed E-state index contributed by atoms with van der Waals surface area (Å²) in [5.74, 6) is 1.64. The molecule has 2 aromatic carbocycles. The SMILES string of the molecule is COc1ccc(CCC(Br)c2ccccc2)c(OC)c1Br. The normalized spacial score (nSPS) is 12.0. The van der Waals surface area contributed by atoms with Crippen LogP contribution in [-0.2, 0) is 6.42 Å². The van der Waals surface area contributed by atoms with Crippen molar-refractivity contribution in [3.05, 3.63) is 58.1 Å². The second-order valence-corrected chi connectivity index (χ2v) is 6.59. The smallest absolute Gasteiger partial charge is 0.139 e. The van der Waals surface area contributed by atoms with Crippen LogP contribution < -0.4 is 9.47 Å². The van der Waals surface area contributed by atoms with Crippen molar-refractivity contribution in [1.29, 1.82) is 0 Å². The molecule has 0 heterocycles. The Labute approximate surface area is 142 Å². The Bertz CT molecular complexity index is 585. The summed E-state index contributed by atoms with van der Waals surface area (Å²) in [5.41, 5.74) is 2.47. The predicted molar refractivity (Wildman–Crippen MR) is 93.7 cm³/mol. The largest absolute Gasteiger partial charge is 0.495 e. The fraction of sp³-hybridized carbons (Fsp3) is 0.294. The third-order valence-electron chi connectivity index (χ3n) is 3.40. The molecule has 112 valence electrons. The highest BCUT2D eigenvalue weighted by atomic mass is 79.9. The van der Waals surface area contributed by atoms with Gasteiger partial charge in [-0.3, -0.25) is 0 Å². The van der Waals surface area contributed by atoms with Crippen molar-refractivity contribution in [3.8, 4) is 11.5 Å². The summed E-state index contributed by atoms with van der Waals surface area (Å²) in [4.78, 5) is 0.337. The van der Waals surface area contributed by atoms with E-state index in [1.54, 1.807) is 14.2 Å². The minimum Gasteiger partial charge on any atom is -0.495 e. The molecule has 0 bridgehead atoms. The third-order valence-corrected chi connectivity index (χ3v) is 5.13. The van der Waals surface area contributed by atoms with E-state index in [1.807, 2.05) is 12.1 Å². The summed E-state index contributed by atoms with van der Waals surface area (Å²) in [7, 11) is 3.34. The first-order valence-electron chi connectivity index (χ1n) is 6.75. The Balaban J connectivity index is 2.11. The molecule has 0 fully saturated rings. The van der Waals surface area contributed by atoms with Crippen LogP contribution in [0.1, 0.15) is 22.4 Å². The van der Waals surface area contributed by atoms with Gasteiger partial charge in [0.15, 0.2) is 0 Å². The highest BCUT2D eigenvalue weighted by Gasteiger charge is 2.14. The number of alkyl halides is 1. The molecule has 2 aromatic rings. The minimum atomic E-state index is 0.337. The molecule has 0 spiro atoms. The molecule has 4 heteroatoms. The Kier molecular flexibility index (Phi) is 6.12. The predicted octanol–water partition coefficient (Wildman–Crippen LogP) is 5.54. The van der Waals surface area contributed by atoms with Crippen molar-refractivity contribution >= 4 is 31.9 Å². The van der Waals surface area contributed by atoms with Gasteiger partial charge in [0.25, 0.3) is 0 Å². The van der Waals surface area contributed by atoms with E-state index in [0.717, 1.165) is 28.8 Å². The van der Waals surface area contributed by atoms with Gasteiger partial charge in [0.1, 0.15) is 16.0 Å². The molecule has 0 saturated carbocycles. The lowest BCUT2D eigenvalue weighted by atomic mass is 10.0. The first-order chi connectivity index (χ1) is 10.2. The van der Waals surface area contributed by atoms with Gasteiger partial charge in [0.05, 0.1) is 14.2 Å². The number of halogens is 2. The first kappa shape index (κ1) is 16.4. The Morgan fingerprint density at radius 3 is 2.33 bits per heavy atom. The van der Waals surface area contributed by atoms with E-state index in [2.05, 4.69) is 62.2 Å². The lowest BCUT2D eigenvalue weighted by molar-refractivity contribution is 0.386. The highest BCUT2D eigenvalue weighted by molar-refractivity contribution is 9.10. The molecular formula is C17H18Br2O2. The Morgan fingerprint density at radius 2 is 1.71 bits per heavy atom. The summed E-state index contributed by atoms with van der Waals surface area (Å²) in [5, 5.41) is 0. The molecule has 0 amide bonds. The molecule has 2 rings (SSSR count). The van der Waals surface area contributed by atoms with E-state index in [0.29, 0.717) is 4.83 Å². The van der Waals surface area contributed by atoms with E-state index in [9.17, 15) is 0 Å². The third kappa shape index (κ3) is 4.01. The van der Waals surface area contributed by atoms with Gasteiger partial charge >= 0.3 is 0 Å². The van der Waals surface area contributed by atoms with E-state index in [1.165, 1.54) is 11.1 Å². The van der Waals surface area contributed by atoms with Crippen molar-refractivity contribution in [2.45, 2.75) is 17.7 Å². The quantitative estimate of drug-likeness (QED) is 0.579. The number of aryl methyl sites for hydroxylation is 1. The number of hydrogen-bond donors (Lipinski definition) is 0. The number of benzene rings is 2. The summed E-state index contributed by atoms with van der Waals surface area (Å²) < 4.78 is 11.7. The molecule has 1 atom stereocenters. The van der Waals surface area contributed by atoms with Crippen LogP contribution >= 0.6 is 31.9 Å². The fourth-order valence-electron chi connectivity index (χ4n) is 2.26. The van der Waals surface area contributed by atoms with Crippen LogP contribution in [0, 0.1) is 0 Å². The van der Waals surface area contributed by atoms with E-state index in [-0.39, 0.29) is 0 Å². The zero-order chi connectivity index (χ0) is 15.2. The molecule has 0 saturated heterocycles. The number of methoxy groups -OCH3 is 2. The summed E-state index contributed by atoms with van der Waals surface area (Å²) in [6, 6.07) is 14.5. The van der Waals surface area contributed by atoms with Crippen LogP contribution in [0.4, 0.5) is 0 Å². The van der Waals surface area contributed by atoms with E-state index >= 15 is 0 Å². The molecule has 2 nitrogen and oxygen atoms in total. The van der Waals surface area contributed by atoms with Gasteiger partial charge in [-0.25, -0.2) is 0 Å². The maximum absolute atomic E-state index is 5.51. The second kappa shape index (κ2) is 7.85. The molecule has 21 heavy (non-hydrogen) atoms. The van der Waals surface area contributed by atoms with Gasteiger partial charge in [0, 0.05) is 4.83 Å². The lowest BCUT2D eigenvalue weighted by Crippen LogP contribution is -1.98. The Morgan fingerprint density at radius 1 is 1.00 bits per heavy atom. The standard InChI is InChI=1S/C17H18Br2O2/c1-20-15-11-9-13(17(21-2)16(15)19)8-10-14(18)12-6-4-3-5-7-12/h3-7,9,11,14H,8,10H2,1-2H3. The van der Waals surface area contributed by atoms with Crippen LogP contribution in [0.25, 0.3) is 0 Å². The van der Waals surface area contributed by atoms with Crippen LogP contribution in [0.2, 0.25) is 0 Å². The minimum absolute atomic E-state index is 0.337. The van der Waals surface area contributed by atoms with Gasteiger partial charge in [-0.2, -0.15) is 0 Å². The fourth-order valence-corrected chi connectivity index (χ4v) is 3.51. The molecular weight excluding hydrogens is 396 g/mol. The van der Waals surface area contributed by atoms with Crippen LogP contribution in [0.15, 0.2) is 46.9 Å². The summed E-state index contributed by atoms with van der Waals surface area (Å²) in [6.45, 7) is 0. The molecule has 0 radical (unpaired) electrons. The average Bonchev–Trinajstić information content (AvgIpc) is 2.53. The van der Waals surface area contributed by atoms with Gasteiger partial charge in [-0.05, 0) is 46.0 Å². The van der Waals surface area contributed by atoms with Crippen molar-refractivity contribution in [2.24, 2.45) is 0 Å². The molecule has 0 N–H and O–H groups in total. The summed E-state index contributed by atoms with van der Waals surface area (Å²) in [6.07, 6.45) is 1.93. The van der Waals surface area contributed by atoms with Gasteiger partial charge < -0.3 is 9.47 Å². The van der Waals surface area contributed by atoms with Crippen LogP contribution in [0.3, 0.4) is 0 Å². The topological polar surface area (TPSA) is 18.5 Å².